The summed E-state index contributed by atoms with van der Waals surface area (Å²) in [6, 6.07) is 9.23. The summed E-state index contributed by atoms with van der Waals surface area (Å²) in [4.78, 5) is 23.2. The van der Waals surface area contributed by atoms with Crippen LogP contribution in [0.25, 0.3) is 0 Å². The lowest BCUT2D eigenvalue weighted by atomic mass is 10.1. The second kappa shape index (κ2) is 6.29. The van der Waals surface area contributed by atoms with E-state index in [2.05, 4.69) is 21.2 Å². The van der Waals surface area contributed by atoms with E-state index in [1.54, 1.807) is 12.1 Å². The van der Waals surface area contributed by atoms with Gasteiger partial charge in [0, 0.05) is 10.2 Å². The summed E-state index contributed by atoms with van der Waals surface area (Å²) < 4.78 is 11.5. The molecule has 0 aliphatic carbocycles. The zero-order valence-corrected chi connectivity index (χ0v) is 13.4. The van der Waals surface area contributed by atoms with Crippen LogP contribution in [0.3, 0.4) is 0 Å². The summed E-state index contributed by atoms with van der Waals surface area (Å²) in [5.41, 5.74) is 1.06. The zero-order chi connectivity index (χ0) is 16.4. The Labute approximate surface area is 140 Å². The molecule has 0 unspecified atom stereocenters. The van der Waals surface area contributed by atoms with Crippen LogP contribution in [-0.2, 0) is 0 Å². The predicted octanol–water partition coefficient (Wildman–Crippen LogP) is 3.17. The molecule has 23 heavy (non-hydrogen) atoms. The Bertz CT molecular complexity index is 773. The van der Waals surface area contributed by atoms with Gasteiger partial charge in [0.2, 0.25) is 0 Å². The molecule has 0 spiro atoms. The molecule has 1 aliphatic rings. The highest BCUT2D eigenvalue weighted by Gasteiger charge is 2.19. The number of carbonyl (C=O) groups is 2. The third kappa shape index (κ3) is 3.29. The number of amides is 1. The Morgan fingerprint density at radius 2 is 1.65 bits per heavy atom. The van der Waals surface area contributed by atoms with Crippen LogP contribution in [0.4, 0.5) is 5.69 Å². The van der Waals surface area contributed by atoms with Crippen molar-refractivity contribution in [2.45, 2.75) is 0 Å². The quantitative estimate of drug-likeness (QED) is 0.857. The number of aromatic carboxylic acids is 1. The first-order valence-corrected chi connectivity index (χ1v) is 7.58. The molecule has 0 bridgehead atoms. The number of rotatable bonds is 3. The number of hydrogen-bond acceptors (Lipinski definition) is 4. The maximum absolute atomic E-state index is 12.4. The van der Waals surface area contributed by atoms with Gasteiger partial charge in [-0.05, 0) is 52.3 Å². The van der Waals surface area contributed by atoms with Gasteiger partial charge in [-0.1, -0.05) is 0 Å². The number of carbonyl (C=O) groups excluding carboxylic acids is 1. The molecule has 7 heteroatoms. The second-order valence-electron chi connectivity index (χ2n) is 4.81. The minimum Gasteiger partial charge on any atom is -0.486 e. The molecule has 0 fully saturated rings. The molecular weight excluding hydrogens is 366 g/mol. The van der Waals surface area contributed by atoms with Gasteiger partial charge in [0.05, 0.1) is 11.1 Å². The summed E-state index contributed by atoms with van der Waals surface area (Å²) in [6.45, 7) is 0.910. The fourth-order valence-electron chi connectivity index (χ4n) is 2.13. The van der Waals surface area contributed by atoms with Gasteiger partial charge in [-0.25, -0.2) is 4.79 Å². The van der Waals surface area contributed by atoms with Crippen molar-refractivity contribution in [2.75, 3.05) is 18.5 Å². The summed E-state index contributed by atoms with van der Waals surface area (Å²) in [5.74, 6) is -0.245. The lowest BCUT2D eigenvalue weighted by molar-refractivity contribution is 0.0696. The third-order valence-corrected chi connectivity index (χ3v) is 3.92. The molecule has 1 heterocycles. The van der Waals surface area contributed by atoms with Gasteiger partial charge < -0.3 is 19.9 Å². The number of fused-ring (bicyclic) bond motifs is 1. The maximum atomic E-state index is 12.4. The minimum atomic E-state index is -1.02. The molecule has 3 rings (SSSR count). The van der Waals surface area contributed by atoms with Gasteiger partial charge >= 0.3 is 5.97 Å². The van der Waals surface area contributed by atoms with Gasteiger partial charge in [-0.3, -0.25) is 4.79 Å². The standard InChI is InChI=1S/C16H12BrNO5/c17-12-8-14-13(22-5-6-23-14)7-11(12)15(19)18-10-3-1-9(2-4-10)16(20)21/h1-4,7-8H,5-6H2,(H,18,19)(H,20,21). The normalized spacial score (nSPS) is 12.6. The van der Waals surface area contributed by atoms with Gasteiger partial charge in [0.25, 0.3) is 5.91 Å². The predicted molar refractivity (Wildman–Crippen MR) is 86.5 cm³/mol. The number of carboxylic acids is 1. The molecule has 2 N–H and O–H groups in total. The minimum absolute atomic E-state index is 0.156. The molecule has 0 aromatic heterocycles. The SMILES string of the molecule is O=C(O)c1ccc(NC(=O)c2cc3c(cc2Br)OCCO3)cc1. The fourth-order valence-corrected chi connectivity index (χ4v) is 2.63. The highest BCUT2D eigenvalue weighted by atomic mass is 79.9. The van der Waals surface area contributed by atoms with Crippen molar-refractivity contribution in [2.24, 2.45) is 0 Å². The Morgan fingerprint density at radius 3 is 2.26 bits per heavy atom. The van der Waals surface area contributed by atoms with E-state index in [9.17, 15) is 9.59 Å². The van der Waals surface area contributed by atoms with Crippen molar-refractivity contribution in [1.82, 2.24) is 0 Å². The molecule has 1 amide bonds. The number of hydrogen-bond donors (Lipinski definition) is 2. The number of anilines is 1. The Morgan fingerprint density at radius 1 is 1.04 bits per heavy atom. The first kappa shape index (κ1) is 15.4. The first-order valence-electron chi connectivity index (χ1n) is 6.78. The van der Waals surface area contributed by atoms with Crippen LogP contribution in [0.5, 0.6) is 11.5 Å². The molecule has 1 aliphatic heterocycles. The highest BCUT2D eigenvalue weighted by molar-refractivity contribution is 9.10. The van der Waals surface area contributed by atoms with Crippen molar-refractivity contribution in [3.63, 3.8) is 0 Å². The van der Waals surface area contributed by atoms with Crippen molar-refractivity contribution >= 4 is 33.5 Å². The van der Waals surface area contributed by atoms with Crippen molar-refractivity contribution < 1.29 is 24.2 Å². The van der Waals surface area contributed by atoms with E-state index in [-0.39, 0.29) is 11.5 Å². The van der Waals surface area contributed by atoms with Gasteiger partial charge in [-0.15, -0.1) is 0 Å². The number of nitrogens with one attached hydrogen (secondary N) is 1. The third-order valence-electron chi connectivity index (χ3n) is 3.27. The van der Waals surface area contributed by atoms with Crippen LogP contribution in [0.1, 0.15) is 20.7 Å². The smallest absolute Gasteiger partial charge is 0.335 e. The van der Waals surface area contributed by atoms with Crippen LogP contribution < -0.4 is 14.8 Å². The molecule has 0 atom stereocenters. The van der Waals surface area contributed by atoms with Crippen LogP contribution in [0.15, 0.2) is 40.9 Å². The van der Waals surface area contributed by atoms with Crippen molar-refractivity contribution in [3.05, 3.63) is 52.0 Å². The van der Waals surface area contributed by atoms with Crippen LogP contribution in [-0.4, -0.2) is 30.2 Å². The molecule has 6 nitrogen and oxygen atoms in total. The number of benzene rings is 2. The largest absolute Gasteiger partial charge is 0.486 e. The number of ether oxygens (including phenoxy) is 2. The van der Waals surface area contributed by atoms with E-state index in [0.717, 1.165) is 0 Å². The molecule has 0 radical (unpaired) electrons. The van der Waals surface area contributed by atoms with Crippen molar-refractivity contribution in [1.29, 1.82) is 0 Å². The first-order chi connectivity index (χ1) is 11.0. The second-order valence-corrected chi connectivity index (χ2v) is 5.67. The van der Waals surface area contributed by atoms with Gasteiger partial charge in [-0.2, -0.15) is 0 Å². The molecule has 118 valence electrons. The summed E-state index contributed by atoms with van der Waals surface area (Å²) >= 11 is 3.35. The molecule has 2 aromatic rings. The van der Waals surface area contributed by atoms with E-state index < -0.39 is 5.97 Å². The van der Waals surface area contributed by atoms with E-state index in [1.165, 1.54) is 24.3 Å². The van der Waals surface area contributed by atoms with Crippen LogP contribution in [0.2, 0.25) is 0 Å². The average Bonchev–Trinajstić information content (AvgIpc) is 2.54. The number of halogens is 1. The molecular formula is C16H12BrNO5. The Hall–Kier alpha value is -2.54. The fraction of sp³-hybridized carbons (Fsp3) is 0.125. The maximum Gasteiger partial charge on any atom is 0.335 e. The molecule has 2 aromatic carbocycles. The Balaban J connectivity index is 1.81. The monoisotopic (exact) mass is 377 g/mol. The van der Waals surface area contributed by atoms with Gasteiger partial charge in [0.15, 0.2) is 11.5 Å². The average molecular weight is 378 g/mol. The van der Waals surface area contributed by atoms with Gasteiger partial charge in [0.1, 0.15) is 13.2 Å². The molecule has 0 saturated heterocycles. The lowest BCUT2D eigenvalue weighted by Gasteiger charge is -2.19. The van der Waals surface area contributed by atoms with Crippen molar-refractivity contribution in [3.8, 4) is 11.5 Å². The zero-order valence-electron chi connectivity index (χ0n) is 11.8. The Kier molecular flexibility index (Phi) is 4.20. The van der Waals surface area contributed by atoms with Crippen LogP contribution in [0, 0.1) is 0 Å². The summed E-state index contributed by atoms with van der Waals surface area (Å²) in [7, 11) is 0. The highest BCUT2D eigenvalue weighted by Crippen LogP contribution is 2.35. The summed E-state index contributed by atoms with van der Waals surface area (Å²) in [5, 5.41) is 11.6. The lowest BCUT2D eigenvalue weighted by Crippen LogP contribution is -2.17. The van der Waals surface area contributed by atoms with E-state index in [4.69, 9.17) is 14.6 Å². The van der Waals surface area contributed by atoms with E-state index in [1.807, 2.05) is 0 Å². The summed E-state index contributed by atoms with van der Waals surface area (Å²) in [6.07, 6.45) is 0. The molecule has 0 saturated carbocycles. The topological polar surface area (TPSA) is 84.9 Å². The number of carboxylic acid groups (broad SMARTS) is 1. The van der Waals surface area contributed by atoms with Crippen LogP contribution >= 0.6 is 15.9 Å². The van der Waals surface area contributed by atoms with E-state index >= 15 is 0 Å². The van der Waals surface area contributed by atoms with E-state index in [0.29, 0.717) is 40.4 Å².